The third kappa shape index (κ3) is 3.94. The molecule has 1 aliphatic heterocycles. The van der Waals surface area contributed by atoms with Gasteiger partial charge in [-0.05, 0) is 38.8 Å². The quantitative estimate of drug-likeness (QED) is 0.832. The van der Waals surface area contributed by atoms with Gasteiger partial charge in [-0.15, -0.1) is 11.3 Å². The normalized spacial score (nSPS) is 15.8. The van der Waals surface area contributed by atoms with Crippen molar-refractivity contribution >= 4 is 33.1 Å². The van der Waals surface area contributed by atoms with Gasteiger partial charge in [-0.2, -0.15) is 9.40 Å². The molecule has 0 saturated carbocycles. The number of rotatable bonds is 6. The molecule has 1 N–H and O–H groups in total. The van der Waals surface area contributed by atoms with E-state index in [1.807, 2.05) is 13.8 Å². The number of carbonyl (C=O) groups is 1. The Hall–Kier alpha value is -1.71. The molecular formula is C16H22N4O3S2. The number of anilines is 1. The van der Waals surface area contributed by atoms with Crippen LogP contribution < -0.4 is 5.32 Å². The summed E-state index contributed by atoms with van der Waals surface area (Å²) in [5.41, 5.74) is 0. The maximum Gasteiger partial charge on any atom is 0.252 e. The van der Waals surface area contributed by atoms with Crippen molar-refractivity contribution in [1.29, 1.82) is 0 Å². The molecule has 1 amide bonds. The molecule has 0 atom stereocenters. The molecule has 3 rings (SSSR count). The van der Waals surface area contributed by atoms with E-state index >= 15 is 0 Å². The average molecular weight is 383 g/mol. The maximum absolute atomic E-state index is 12.5. The first-order chi connectivity index (χ1) is 11.9. The van der Waals surface area contributed by atoms with Crippen molar-refractivity contribution in [3.8, 4) is 0 Å². The fourth-order valence-corrected chi connectivity index (χ4v) is 5.84. The van der Waals surface area contributed by atoms with Gasteiger partial charge in [0.15, 0.2) is 0 Å². The Bertz CT molecular complexity index is 848. The fourth-order valence-electron chi connectivity index (χ4n) is 2.82. The SMILES string of the molecule is CC(C)n1nccc1NC(=O)Cc1ccc(S(=O)(=O)N2CCCC2)s1. The predicted molar refractivity (Wildman–Crippen MR) is 97.3 cm³/mol. The smallest absolute Gasteiger partial charge is 0.252 e. The van der Waals surface area contributed by atoms with E-state index in [4.69, 9.17) is 0 Å². The second-order valence-electron chi connectivity index (χ2n) is 6.31. The van der Waals surface area contributed by atoms with E-state index < -0.39 is 10.0 Å². The number of amides is 1. The lowest BCUT2D eigenvalue weighted by Crippen LogP contribution is -2.27. The molecule has 1 aliphatic rings. The van der Waals surface area contributed by atoms with Crippen LogP contribution in [0.25, 0.3) is 0 Å². The number of hydrogen-bond acceptors (Lipinski definition) is 5. The zero-order valence-corrected chi connectivity index (χ0v) is 15.9. The lowest BCUT2D eigenvalue weighted by atomic mass is 10.3. The molecule has 136 valence electrons. The van der Waals surface area contributed by atoms with E-state index in [1.54, 1.807) is 29.1 Å². The summed E-state index contributed by atoms with van der Waals surface area (Å²) in [7, 11) is -3.42. The number of thiophene rings is 1. The van der Waals surface area contributed by atoms with Gasteiger partial charge in [0.05, 0.1) is 12.6 Å². The van der Waals surface area contributed by atoms with Crippen molar-refractivity contribution in [2.24, 2.45) is 0 Å². The summed E-state index contributed by atoms with van der Waals surface area (Å²) in [5.74, 6) is 0.454. The van der Waals surface area contributed by atoms with Gasteiger partial charge in [0, 0.05) is 30.1 Å². The van der Waals surface area contributed by atoms with Crippen LogP contribution >= 0.6 is 11.3 Å². The predicted octanol–water partition coefficient (Wildman–Crippen LogP) is 2.49. The minimum Gasteiger partial charge on any atom is -0.311 e. The summed E-state index contributed by atoms with van der Waals surface area (Å²) in [5, 5.41) is 7.01. The maximum atomic E-state index is 12.5. The highest BCUT2D eigenvalue weighted by molar-refractivity contribution is 7.91. The zero-order chi connectivity index (χ0) is 18.0. The summed E-state index contributed by atoms with van der Waals surface area (Å²) in [6.07, 6.45) is 3.59. The first-order valence-corrected chi connectivity index (χ1v) is 10.6. The van der Waals surface area contributed by atoms with Gasteiger partial charge in [-0.25, -0.2) is 13.1 Å². The molecule has 2 aromatic rings. The second kappa shape index (κ2) is 7.27. The van der Waals surface area contributed by atoms with Crippen LogP contribution in [-0.2, 0) is 21.2 Å². The topological polar surface area (TPSA) is 84.3 Å². The summed E-state index contributed by atoms with van der Waals surface area (Å²) in [6.45, 7) is 5.12. The van der Waals surface area contributed by atoms with Crippen molar-refractivity contribution in [2.45, 2.75) is 43.4 Å². The Labute approximate surface area is 151 Å². The lowest BCUT2D eigenvalue weighted by molar-refractivity contribution is -0.115. The molecule has 0 spiro atoms. The van der Waals surface area contributed by atoms with E-state index in [0.29, 0.717) is 23.1 Å². The van der Waals surface area contributed by atoms with Gasteiger partial charge in [0.25, 0.3) is 10.0 Å². The van der Waals surface area contributed by atoms with Crippen LogP contribution in [0.3, 0.4) is 0 Å². The molecule has 3 heterocycles. The largest absolute Gasteiger partial charge is 0.311 e. The van der Waals surface area contributed by atoms with Gasteiger partial charge in [0.1, 0.15) is 10.0 Å². The minimum atomic E-state index is -3.42. The highest BCUT2D eigenvalue weighted by atomic mass is 32.2. The molecule has 2 aromatic heterocycles. The van der Waals surface area contributed by atoms with Gasteiger partial charge in [-0.3, -0.25) is 4.79 Å². The molecule has 7 nitrogen and oxygen atoms in total. The van der Waals surface area contributed by atoms with Crippen LogP contribution in [0.15, 0.2) is 28.6 Å². The monoisotopic (exact) mass is 382 g/mol. The van der Waals surface area contributed by atoms with Crippen molar-refractivity contribution < 1.29 is 13.2 Å². The van der Waals surface area contributed by atoms with E-state index in [0.717, 1.165) is 17.7 Å². The van der Waals surface area contributed by atoms with Crippen LogP contribution in [0.2, 0.25) is 0 Å². The Morgan fingerprint density at radius 2 is 2.00 bits per heavy atom. The summed E-state index contributed by atoms with van der Waals surface area (Å²) in [6, 6.07) is 5.20. The molecule has 25 heavy (non-hydrogen) atoms. The number of hydrogen-bond donors (Lipinski definition) is 1. The second-order valence-corrected chi connectivity index (χ2v) is 9.64. The highest BCUT2D eigenvalue weighted by Crippen LogP contribution is 2.27. The number of nitrogens with zero attached hydrogens (tertiary/aromatic N) is 3. The van der Waals surface area contributed by atoms with E-state index in [9.17, 15) is 13.2 Å². The molecule has 1 fully saturated rings. The Balaban J connectivity index is 1.67. The summed E-state index contributed by atoms with van der Waals surface area (Å²) < 4.78 is 28.6. The van der Waals surface area contributed by atoms with E-state index in [1.165, 1.54) is 15.6 Å². The zero-order valence-electron chi connectivity index (χ0n) is 14.3. The van der Waals surface area contributed by atoms with Crippen molar-refractivity contribution in [3.63, 3.8) is 0 Å². The molecule has 1 saturated heterocycles. The van der Waals surface area contributed by atoms with Gasteiger partial charge >= 0.3 is 0 Å². The van der Waals surface area contributed by atoms with Crippen LogP contribution in [0.4, 0.5) is 5.82 Å². The summed E-state index contributed by atoms with van der Waals surface area (Å²) >= 11 is 1.17. The highest BCUT2D eigenvalue weighted by Gasteiger charge is 2.28. The van der Waals surface area contributed by atoms with Gasteiger partial charge in [0.2, 0.25) is 5.91 Å². The molecule has 0 radical (unpaired) electrons. The van der Waals surface area contributed by atoms with Crippen LogP contribution in [-0.4, -0.2) is 41.5 Å². The van der Waals surface area contributed by atoms with Crippen molar-refractivity contribution in [1.82, 2.24) is 14.1 Å². The van der Waals surface area contributed by atoms with Gasteiger partial charge < -0.3 is 5.32 Å². The Morgan fingerprint density at radius 1 is 1.28 bits per heavy atom. The van der Waals surface area contributed by atoms with Crippen molar-refractivity contribution in [3.05, 3.63) is 29.3 Å². The van der Waals surface area contributed by atoms with Crippen LogP contribution in [0, 0.1) is 0 Å². The molecule has 0 unspecified atom stereocenters. The molecule has 0 aliphatic carbocycles. The average Bonchev–Trinajstić information content (AvgIpc) is 3.28. The fraction of sp³-hybridized carbons (Fsp3) is 0.500. The third-order valence-electron chi connectivity index (χ3n) is 4.06. The molecule has 9 heteroatoms. The standard InChI is InChI=1S/C16H22N4O3S2/c1-12(2)20-14(7-8-17-20)18-15(21)11-13-5-6-16(24-13)25(22,23)19-9-3-4-10-19/h5-8,12H,3-4,9-11H2,1-2H3,(H,18,21). The lowest BCUT2D eigenvalue weighted by Gasteiger charge is -2.13. The Kier molecular flexibility index (Phi) is 5.26. The number of carbonyl (C=O) groups excluding carboxylic acids is 1. The van der Waals surface area contributed by atoms with E-state index in [2.05, 4.69) is 10.4 Å². The van der Waals surface area contributed by atoms with Crippen LogP contribution in [0.1, 0.15) is 37.6 Å². The summed E-state index contributed by atoms with van der Waals surface area (Å²) in [4.78, 5) is 13.0. The number of aromatic nitrogens is 2. The minimum absolute atomic E-state index is 0.142. The first kappa shape index (κ1) is 18.1. The molecule has 0 bridgehead atoms. The van der Waals surface area contributed by atoms with Crippen LogP contribution in [0.5, 0.6) is 0 Å². The van der Waals surface area contributed by atoms with Crippen molar-refractivity contribution in [2.75, 3.05) is 18.4 Å². The van der Waals surface area contributed by atoms with Gasteiger partial charge in [-0.1, -0.05) is 0 Å². The number of sulfonamides is 1. The number of nitrogens with one attached hydrogen (secondary N) is 1. The Morgan fingerprint density at radius 3 is 2.68 bits per heavy atom. The molecule has 0 aromatic carbocycles. The first-order valence-electron chi connectivity index (χ1n) is 8.30. The third-order valence-corrected chi connectivity index (χ3v) is 7.51. The van der Waals surface area contributed by atoms with E-state index in [-0.39, 0.29) is 18.4 Å². The molecular weight excluding hydrogens is 360 g/mol.